The monoisotopic (exact) mass is 402 g/mol. The molecule has 0 amide bonds. The Morgan fingerprint density at radius 1 is 1.21 bits per heavy atom. The number of hydrogen-bond acceptors (Lipinski definition) is 8. The molecule has 0 unspecified atom stereocenters. The molecule has 7 nitrogen and oxygen atoms in total. The predicted octanol–water partition coefficient (Wildman–Crippen LogP) is 3.80. The van der Waals surface area contributed by atoms with Gasteiger partial charge in [-0.15, -0.1) is 27.8 Å². The van der Waals surface area contributed by atoms with Gasteiger partial charge in [0.2, 0.25) is 0 Å². The van der Waals surface area contributed by atoms with Crippen LogP contribution in [0.1, 0.15) is 28.1 Å². The zero-order chi connectivity index (χ0) is 17.1. The smallest absolute Gasteiger partial charge is 0.183 e. The normalized spacial score (nSPS) is 11.9. The van der Waals surface area contributed by atoms with Gasteiger partial charge in [-0.05, 0) is 13.8 Å². The van der Waals surface area contributed by atoms with E-state index in [1.54, 1.807) is 17.1 Å². The van der Waals surface area contributed by atoms with E-state index in [0.29, 0.717) is 33.5 Å². The van der Waals surface area contributed by atoms with Gasteiger partial charge in [-0.2, -0.15) is 0 Å². The van der Waals surface area contributed by atoms with Gasteiger partial charge < -0.3 is 4.84 Å². The van der Waals surface area contributed by atoms with Crippen LogP contribution in [-0.4, -0.2) is 30.7 Å². The second kappa shape index (κ2) is 7.56. The fourth-order valence-electron chi connectivity index (χ4n) is 1.94. The van der Waals surface area contributed by atoms with Crippen molar-refractivity contribution in [1.82, 2.24) is 25.0 Å². The van der Waals surface area contributed by atoms with E-state index in [2.05, 4.69) is 25.4 Å². The van der Waals surface area contributed by atoms with Crippen molar-refractivity contribution in [2.75, 3.05) is 0 Å². The summed E-state index contributed by atoms with van der Waals surface area (Å²) in [6.07, 6.45) is 3.40. The van der Waals surface area contributed by atoms with Crippen molar-refractivity contribution in [1.29, 1.82) is 0 Å². The lowest BCUT2D eigenvalue weighted by Gasteiger charge is -2.02. The molecule has 0 N–H and O–H groups in total. The molecule has 0 radical (unpaired) electrons. The maximum atomic E-state index is 5.85. The number of rotatable bonds is 6. The molecular weight excluding hydrogens is 391 g/mol. The summed E-state index contributed by atoms with van der Waals surface area (Å²) in [7, 11) is 0. The molecule has 0 saturated heterocycles. The van der Waals surface area contributed by atoms with E-state index in [1.807, 2.05) is 13.8 Å². The fourth-order valence-corrected chi connectivity index (χ4v) is 3.78. The van der Waals surface area contributed by atoms with Gasteiger partial charge in [0.05, 0.1) is 17.1 Å². The average Bonchev–Trinajstić information content (AvgIpc) is 3.23. The Hall–Kier alpha value is -1.55. The highest BCUT2D eigenvalue weighted by Crippen LogP contribution is 2.20. The minimum Gasteiger partial charge on any atom is -0.390 e. The van der Waals surface area contributed by atoms with Crippen molar-refractivity contribution in [3.8, 4) is 0 Å². The Kier molecular flexibility index (Phi) is 5.44. The summed E-state index contributed by atoms with van der Waals surface area (Å²) in [6, 6.07) is 0. The Morgan fingerprint density at radius 3 is 2.50 bits per heavy atom. The van der Waals surface area contributed by atoms with Gasteiger partial charge in [-0.1, -0.05) is 33.6 Å². The molecule has 3 rings (SSSR count). The molecule has 0 fully saturated rings. The van der Waals surface area contributed by atoms with E-state index in [-0.39, 0.29) is 0 Å². The van der Waals surface area contributed by atoms with Crippen LogP contribution in [0, 0.1) is 6.92 Å². The first-order valence-electron chi connectivity index (χ1n) is 6.80. The Balaban J connectivity index is 1.66. The highest BCUT2D eigenvalue weighted by atomic mass is 35.5. The summed E-state index contributed by atoms with van der Waals surface area (Å²) in [5.41, 5.74) is 2.23. The van der Waals surface area contributed by atoms with Crippen molar-refractivity contribution in [2.24, 2.45) is 5.16 Å². The maximum Gasteiger partial charge on any atom is 0.183 e. The summed E-state index contributed by atoms with van der Waals surface area (Å²) in [5.74, 6) is 0. The van der Waals surface area contributed by atoms with Crippen LogP contribution in [0.3, 0.4) is 0 Å². The number of thiazole rings is 2. The first-order valence-corrected chi connectivity index (χ1v) is 9.19. The summed E-state index contributed by atoms with van der Waals surface area (Å²) in [6.45, 7) is 4.63. The highest BCUT2D eigenvalue weighted by molar-refractivity contribution is 7.16. The SMILES string of the molecule is C/C(=N\OCc1cnc(Cl)s1)c1nnn(Cc2cnc(Cl)s2)c1C. The summed E-state index contributed by atoms with van der Waals surface area (Å²) in [4.78, 5) is 15.2. The van der Waals surface area contributed by atoms with Crippen molar-refractivity contribution in [3.05, 3.63) is 42.5 Å². The largest absolute Gasteiger partial charge is 0.390 e. The molecule has 0 aliphatic carbocycles. The fraction of sp³-hybridized carbons (Fsp3) is 0.308. The van der Waals surface area contributed by atoms with Crippen molar-refractivity contribution in [2.45, 2.75) is 27.0 Å². The molecule has 0 atom stereocenters. The van der Waals surface area contributed by atoms with Gasteiger partial charge in [-0.3, -0.25) is 0 Å². The van der Waals surface area contributed by atoms with Crippen LogP contribution in [0.15, 0.2) is 17.5 Å². The summed E-state index contributed by atoms with van der Waals surface area (Å²) in [5, 5.41) is 12.4. The third-order valence-corrected chi connectivity index (χ3v) is 5.28. The van der Waals surface area contributed by atoms with Gasteiger partial charge in [0.1, 0.15) is 11.4 Å². The Bertz CT molecular complexity index is 872. The van der Waals surface area contributed by atoms with Crippen LogP contribution in [-0.2, 0) is 18.0 Å². The van der Waals surface area contributed by atoms with Gasteiger partial charge in [-0.25, -0.2) is 14.6 Å². The van der Waals surface area contributed by atoms with E-state index in [4.69, 9.17) is 28.0 Å². The number of hydrogen-bond donors (Lipinski definition) is 0. The molecule has 3 aromatic rings. The molecule has 0 spiro atoms. The summed E-state index contributed by atoms with van der Waals surface area (Å²) >= 11 is 14.4. The average molecular weight is 403 g/mol. The predicted molar refractivity (Wildman–Crippen MR) is 95.1 cm³/mol. The van der Waals surface area contributed by atoms with Crippen molar-refractivity contribution >= 4 is 51.6 Å². The van der Waals surface area contributed by atoms with Gasteiger partial charge >= 0.3 is 0 Å². The minimum atomic E-state index is 0.314. The lowest BCUT2D eigenvalue weighted by Crippen LogP contribution is -2.04. The van der Waals surface area contributed by atoms with Crippen LogP contribution in [0.4, 0.5) is 0 Å². The van der Waals surface area contributed by atoms with E-state index in [9.17, 15) is 0 Å². The zero-order valence-electron chi connectivity index (χ0n) is 12.7. The third-order valence-electron chi connectivity index (χ3n) is 3.09. The minimum absolute atomic E-state index is 0.314. The maximum absolute atomic E-state index is 5.85. The Labute approximate surface area is 155 Å². The second-order valence-corrected chi connectivity index (χ2v) is 8.18. The molecule has 126 valence electrons. The first-order chi connectivity index (χ1) is 11.5. The van der Waals surface area contributed by atoms with Gasteiger partial charge in [0, 0.05) is 17.3 Å². The first kappa shape index (κ1) is 17.3. The van der Waals surface area contributed by atoms with Crippen LogP contribution >= 0.6 is 45.9 Å². The molecule has 3 heterocycles. The standard InChI is InChI=1S/C13H12Cl2N6OS2/c1-7(19-22-6-10-4-17-13(15)24-10)11-8(2)21(20-18-11)5-9-3-16-12(14)23-9/h3-4H,5-6H2,1-2H3/b19-7+. The van der Waals surface area contributed by atoms with Crippen molar-refractivity contribution < 1.29 is 4.84 Å². The topological polar surface area (TPSA) is 78.1 Å². The highest BCUT2D eigenvalue weighted by Gasteiger charge is 2.13. The van der Waals surface area contributed by atoms with Crippen LogP contribution in [0.2, 0.25) is 8.93 Å². The van der Waals surface area contributed by atoms with E-state index in [1.165, 1.54) is 22.7 Å². The number of nitrogens with zero attached hydrogens (tertiary/aromatic N) is 6. The van der Waals surface area contributed by atoms with E-state index in [0.717, 1.165) is 15.4 Å². The Morgan fingerprint density at radius 2 is 1.88 bits per heavy atom. The quantitative estimate of drug-likeness (QED) is 0.462. The molecule has 11 heteroatoms. The second-order valence-electron chi connectivity index (χ2n) is 4.79. The molecule has 0 saturated carbocycles. The molecule has 3 aromatic heterocycles. The lowest BCUT2D eigenvalue weighted by molar-refractivity contribution is 0.132. The molecule has 0 aliphatic rings. The molecule has 0 aromatic carbocycles. The van der Waals surface area contributed by atoms with Gasteiger partial charge in [0.25, 0.3) is 0 Å². The van der Waals surface area contributed by atoms with Crippen molar-refractivity contribution in [3.63, 3.8) is 0 Å². The summed E-state index contributed by atoms with van der Waals surface area (Å²) < 4.78 is 2.77. The molecule has 0 aliphatic heterocycles. The number of halogens is 2. The zero-order valence-corrected chi connectivity index (χ0v) is 15.9. The van der Waals surface area contributed by atoms with Crippen LogP contribution in [0.25, 0.3) is 0 Å². The molecular formula is C13H12Cl2N6OS2. The van der Waals surface area contributed by atoms with E-state index >= 15 is 0 Å². The van der Waals surface area contributed by atoms with E-state index < -0.39 is 0 Å². The third kappa shape index (κ3) is 4.10. The molecule has 24 heavy (non-hydrogen) atoms. The van der Waals surface area contributed by atoms with Crippen LogP contribution in [0.5, 0.6) is 0 Å². The number of oxime groups is 1. The van der Waals surface area contributed by atoms with Crippen LogP contribution < -0.4 is 0 Å². The number of aromatic nitrogens is 5. The lowest BCUT2D eigenvalue weighted by atomic mass is 10.2. The van der Waals surface area contributed by atoms with Gasteiger partial charge in [0.15, 0.2) is 15.5 Å². The molecule has 0 bridgehead atoms.